The second-order valence-electron chi connectivity index (χ2n) is 6.02. The summed E-state index contributed by atoms with van der Waals surface area (Å²) in [4.78, 5) is 12.4. The van der Waals surface area contributed by atoms with E-state index >= 15 is 0 Å². The normalized spacial score (nSPS) is 10.4. The Morgan fingerprint density at radius 1 is 1.07 bits per heavy atom. The molecule has 6 heteroatoms. The van der Waals surface area contributed by atoms with Gasteiger partial charge in [0.25, 0.3) is 5.91 Å². The third-order valence-electron chi connectivity index (χ3n) is 4.08. The van der Waals surface area contributed by atoms with Crippen molar-refractivity contribution in [3.63, 3.8) is 0 Å². The fourth-order valence-electron chi connectivity index (χ4n) is 2.62. The maximum absolute atomic E-state index is 12.4. The molecule has 3 rings (SSSR count). The number of hydrogen-bond donors (Lipinski definition) is 1. The van der Waals surface area contributed by atoms with Crippen LogP contribution in [0.1, 0.15) is 28.5 Å². The third-order valence-corrected chi connectivity index (χ3v) is 4.08. The summed E-state index contributed by atoms with van der Waals surface area (Å²) in [6, 6.07) is 16.8. The molecule has 1 N–H and O–H groups in total. The molecule has 0 unspecified atom stereocenters. The van der Waals surface area contributed by atoms with Gasteiger partial charge in [-0.25, -0.2) is 0 Å². The average Bonchev–Trinajstić information content (AvgIpc) is 3.11. The summed E-state index contributed by atoms with van der Waals surface area (Å²) in [6.07, 6.45) is 1.71. The van der Waals surface area contributed by atoms with Crippen molar-refractivity contribution in [1.82, 2.24) is 15.1 Å². The van der Waals surface area contributed by atoms with Gasteiger partial charge in [0.2, 0.25) is 0 Å². The molecular weight excluding hydrogens is 342 g/mol. The first-order valence-electron chi connectivity index (χ1n) is 8.85. The first-order valence-corrected chi connectivity index (χ1v) is 8.85. The first-order chi connectivity index (χ1) is 13.2. The molecule has 1 heterocycles. The standard InChI is InChI=1S/C21H23N3O3/c1-3-26-19-7-9-20(10-8-19)27-15-16-5-4-6-17(13-16)21(25)22-14-18-11-12-23-24(18)2/h4-13H,3,14-15H2,1-2H3,(H,22,25). The number of nitrogens with zero attached hydrogens (tertiary/aromatic N) is 2. The average molecular weight is 365 g/mol. The minimum absolute atomic E-state index is 0.126. The Bertz CT molecular complexity index is 888. The lowest BCUT2D eigenvalue weighted by atomic mass is 10.1. The van der Waals surface area contributed by atoms with Crippen molar-refractivity contribution in [2.75, 3.05) is 6.61 Å². The molecule has 0 saturated carbocycles. The zero-order valence-corrected chi connectivity index (χ0v) is 15.5. The van der Waals surface area contributed by atoms with Gasteiger partial charge in [-0.3, -0.25) is 9.48 Å². The molecule has 0 aliphatic carbocycles. The van der Waals surface area contributed by atoms with E-state index in [-0.39, 0.29) is 5.91 Å². The molecule has 0 aliphatic rings. The Hall–Kier alpha value is -3.28. The lowest BCUT2D eigenvalue weighted by Gasteiger charge is -2.10. The highest BCUT2D eigenvalue weighted by molar-refractivity contribution is 5.94. The zero-order chi connectivity index (χ0) is 19.1. The molecule has 0 spiro atoms. The van der Waals surface area contributed by atoms with Gasteiger partial charge in [0.05, 0.1) is 18.8 Å². The summed E-state index contributed by atoms with van der Waals surface area (Å²) in [5, 5.41) is 7.00. The Morgan fingerprint density at radius 3 is 2.48 bits per heavy atom. The van der Waals surface area contributed by atoms with E-state index in [1.807, 2.05) is 62.5 Å². The second-order valence-corrected chi connectivity index (χ2v) is 6.02. The van der Waals surface area contributed by atoms with Crippen LogP contribution in [-0.2, 0) is 20.2 Å². The highest BCUT2D eigenvalue weighted by Crippen LogP contribution is 2.19. The monoisotopic (exact) mass is 365 g/mol. The molecule has 1 aromatic heterocycles. The lowest BCUT2D eigenvalue weighted by molar-refractivity contribution is 0.0950. The van der Waals surface area contributed by atoms with Crippen molar-refractivity contribution < 1.29 is 14.3 Å². The van der Waals surface area contributed by atoms with E-state index in [0.29, 0.717) is 25.3 Å². The highest BCUT2D eigenvalue weighted by atomic mass is 16.5. The van der Waals surface area contributed by atoms with E-state index < -0.39 is 0 Å². The van der Waals surface area contributed by atoms with Gasteiger partial charge in [0.1, 0.15) is 18.1 Å². The molecule has 0 bridgehead atoms. The van der Waals surface area contributed by atoms with Crippen LogP contribution in [0.25, 0.3) is 0 Å². The molecule has 0 atom stereocenters. The Balaban J connectivity index is 1.56. The number of nitrogens with one attached hydrogen (secondary N) is 1. The fraction of sp³-hybridized carbons (Fsp3) is 0.238. The van der Waals surface area contributed by atoms with Crippen LogP contribution in [0, 0.1) is 0 Å². The Labute approximate surface area is 158 Å². The van der Waals surface area contributed by atoms with E-state index in [1.165, 1.54) is 0 Å². The van der Waals surface area contributed by atoms with Crippen LogP contribution in [0.5, 0.6) is 11.5 Å². The largest absolute Gasteiger partial charge is 0.494 e. The van der Waals surface area contributed by atoms with Crippen LogP contribution in [0.15, 0.2) is 60.8 Å². The van der Waals surface area contributed by atoms with Gasteiger partial charge in [-0.15, -0.1) is 0 Å². The lowest BCUT2D eigenvalue weighted by Crippen LogP contribution is -2.24. The summed E-state index contributed by atoms with van der Waals surface area (Å²) in [7, 11) is 1.85. The highest BCUT2D eigenvalue weighted by Gasteiger charge is 2.08. The van der Waals surface area contributed by atoms with E-state index in [4.69, 9.17) is 9.47 Å². The zero-order valence-electron chi connectivity index (χ0n) is 15.5. The number of benzene rings is 2. The van der Waals surface area contributed by atoms with Crippen LogP contribution in [-0.4, -0.2) is 22.3 Å². The Kier molecular flexibility index (Phi) is 6.10. The quantitative estimate of drug-likeness (QED) is 0.665. The molecule has 0 radical (unpaired) electrons. The van der Waals surface area contributed by atoms with E-state index in [1.54, 1.807) is 16.9 Å². The van der Waals surface area contributed by atoms with Crippen molar-refractivity contribution in [3.05, 3.63) is 77.6 Å². The van der Waals surface area contributed by atoms with Crippen LogP contribution < -0.4 is 14.8 Å². The smallest absolute Gasteiger partial charge is 0.251 e. The predicted molar refractivity (Wildman–Crippen MR) is 103 cm³/mol. The fourth-order valence-corrected chi connectivity index (χ4v) is 2.62. The van der Waals surface area contributed by atoms with Crippen molar-refractivity contribution >= 4 is 5.91 Å². The number of amides is 1. The number of carbonyl (C=O) groups excluding carboxylic acids is 1. The second kappa shape index (κ2) is 8.89. The van der Waals surface area contributed by atoms with Gasteiger partial charge in [0.15, 0.2) is 0 Å². The molecule has 0 fully saturated rings. The van der Waals surface area contributed by atoms with Crippen LogP contribution in [0.3, 0.4) is 0 Å². The number of aromatic nitrogens is 2. The first kappa shape index (κ1) is 18.5. The molecule has 27 heavy (non-hydrogen) atoms. The number of rotatable bonds is 8. The summed E-state index contributed by atoms with van der Waals surface area (Å²) in [6.45, 7) is 3.40. The third kappa shape index (κ3) is 5.10. The van der Waals surface area contributed by atoms with Gasteiger partial charge in [-0.2, -0.15) is 5.10 Å². The number of ether oxygens (including phenoxy) is 2. The van der Waals surface area contributed by atoms with Gasteiger partial charge < -0.3 is 14.8 Å². The molecule has 140 valence electrons. The topological polar surface area (TPSA) is 65.4 Å². The number of hydrogen-bond acceptors (Lipinski definition) is 4. The molecule has 6 nitrogen and oxygen atoms in total. The molecule has 2 aromatic carbocycles. The van der Waals surface area contributed by atoms with Crippen LogP contribution >= 0.6 is 0 Å². The number of aryl methyl sites for hydroxylation is 1. The SMILES string of the molecule is CCOc1ccc(OCc2cccc(C(=O)NCc3ccnn3C)c2)cc1. The van der Waals surface area contributed by atoms with Gasteiger partial charge >= 0.3 is 0 Å². The minimum atomic E-state index is -0.126. The predicted octanol–water partition coefficient (Wildman–Crippen LogP) is 3.33. The summed E-state index contributed by atoms with van der Waals surface area (Å²) in [5.41, 5.74) is 2.47. The van der Waals surface area contributed by atoms with Crippen molar-refractivity contribution in [2.24, 2.45) is 7.05 Å². The maximum atomic E-state index is 12.4. The molecular formula is C21H23N3O3. The summed E-state index contributed by atoms with van der Waals surface area (Å²) in [5.74, 6) is 1.44. The maximum Gasteiger partial charge on any atom is 0.251 e. The van der Waals surface area contributed by atoms with Crippen LogP contribution in [0.2, 0.25) is 0 Å². The minimum Gasteiger partial charge on any atom is -0.494 e. The van der Waals surface area contributed by atoms with Crippen molar-refractivity contribution in [2.45, 2.75) is 20.1 Å². The van der Waals surface area contributed by atoms with Gasteiger partial charge in [-0.1, -0.05) is 12.1 Å². The van der Waals surface area contributed by atoms with Crippen LogP contribution in [0.4, 0.5) is 0 Å². The molecule has 0 saturated heterocycles. The Morgan fingerprint density at radius 2 is 1.81 bits per heavy atom. The summed E-state index contributed by atoms with van der Waals surface area (Å²) < 4.78 is 13.0. The van der Waals surface area contributed by atoms with E-state index in [9.17, 15) is 4.79 Å². The molecule has 1 amide bonds. The van der Waals surface area contributed by atoms with Gasteiger partial charge in [-0.05, 0) is 55.0 Å². The van der Waals surface area contributed by atoms with E-state index in [0.717, 1.165) is 22.8 Å². The molecule has 3 aromatic rings. The molecule has 0 aliphatic heterocycles. The van der Waals surface area contributed by atoms with Crippen molar-refractivity contribution in [3.8, 4) is 11.5 Å². The van der Waals surface area contributed by atoms with Gasteiger partial charge in [0, 0.05) is 18.8 Å². The number of carbonyl (C=O) groups is 1. The van der Waals surface area contributed by atoms with Crippen molar-refractivity contribution in [1.29, 1.82) is 0 Å². The van der Waals surface area contributed by atoms with E-state index in [2.05, 4.69) is 10.4 Å². The summed E-state index contributed by atoms with van der Waals surface area (Å²) >= 11 is 0.